The second-order valence-corrected chi connectivity index (χ2v) is 0.999. The zero-order valence-corrected chi connectivity index (χ0v) is 3.77. The first kappa shape index (κ1) is 6.34. The van der Waals surface area contributed by atoms with E-state index in [2.05, 4.69) is 6.58 Å². The Balaban J connectivity index is 3.35. The van der Waals surface area contributed by atoms with Crippen molar-refractivity contribution in [1.29, 1.82) is 0 Å². The van der Waals surface area contributed by atoms with E-state index in [1.807, 2.05) is 0 Å². The molecule has 0 aliphatic heterocycles. The zero-order chi connectivity index (χ0) is 5.70. The standard InChI is InChI=1S/C5H6F2/c1-2-5(7)3-4-6/h2-5H,1H2. The highest BCUT2D eigenvalue weighted by molar-refractivity contribution is 4.94. The number of halogens is 2. The fourth-order valence-electron chi connectivity index (χ4n) is 0.148. The average molecular weight is 104 g/mol. The first-order valence-corrected chi connectivity index (χ1v) is 1.84. The number of rotatable bonds is 2. The van der Waals surface area contributed by atoms with Gasteiger partial charge < -0.3 is 0 Å². The van der Waals surface area contributed by atoms with E-state index in [9.17, 15) is 8.78 Å². The molecular formula is C5H6F2. The molecule has 7 heavy (non-hydrogen) atoms. The van der Waals surface area contributed by atoms with Crippen molar-refractivity contribution in [2.24, 2.45) is 0 Å². The predicted molar refractivity (Wildman–Crippen MR) is 25.3 cm³/mol. The van der Waals surface area contributed by atoms with Gasteiger partial charge in [-0.05, 0) is 6.08 Å². The SMILES string of the molecule is C=CC(F)C=CF. The summed E-state index contributed by atoms with van der Waals surface area (Å²) in [6, 6.07) is 0. The van der Waals surface area contributed by atoms with Crippen molar-refractivity contribution >= 4 is 0 Å². The Kier molecular flexibility index (Phi) is 3.19. The van der Waals surface area contributed by atoms with E-state index in [0.717, 1.165) is 12.2 Å². The summed E-state index contributed by atoms with van der Waals surface area (Å²) in [4.78, 5) is 0. The summed E-state index contributed by atoms with van der Waals surface area (Å²) in [5.74, 6) is 0. The molecule has 0 spiro atoms. The Morgan fingerprint density at radius 3 is 2.29 bits per heavy atom. The van der Waals surface area contributed by atoms with E-state index in [1.165, 1.54) is 0 Å². The number of alkyl halides is 1. The van der Waals surface area contributed by atoms with Crippen LogP contribution in [-0.2, 0) is 0 Å². The molecule has 0 aromatic carbocycles. The van der Waals surface area contributed by atoms with Gasteiger partial charge in [-0.1, -0.05) is 12.7 Å². The van der Waals surface area contributed by atoms with Gasteiger partial charge in [0.15, 0.2) is 0 Å². The fraction of sp³-hybridized carbons (Fsp3) is 0.200. The lowest BCUT2D eigenvalue weighted by atomic mass is 10.4. The third kappa shape index (κ3) is 3.16. The first-order chi connectivity index (χ1) is 3.31. The van der Waals surface area contributed by atoms with E-state index in [4.69, 9.17) is 0 Å². The van der Waals surface area contributed by atoms with Crippen LogP contribution in [0.3, 0.4) is 0 Å². The lowest BCUT2D eigenvalue weighted by Crippen LogP contribution is -1.83. The summed E-state index contributed by atoms with van der Waals surface area (Å²) in [5, 5.41) is 0. The van der Waals surface area contributed by atoms with Crippen LogP contribution in [-0.4, -0.2) is 6.17 Å². The molecule has 40 valence electrons. The summed E-state index contributed by atoms with van der Waals surface area (Å²) in [5.41, 5.74) is 0. The van der Waals surface area contributed by atoms with E-state index < -0.39 is 6.17 Å². The van der Waals surface area contributed by atoms with Gasteiger partial charge in [0.05, 0.1) is 6.33 Å². The smallest absolute Gasteiger partial charge is 0.139 e. The maximum atomic E-state index is 11.7. The summed E-state index contributed by atoms with van der Waals surface area (Å²) >= 11 is 0. The summed E-state index contributed by atoms with van der Waals surface area (Å²) in [6.07, 6.45) is 0.597. The fourth-order valence-corrected chi connectivity index (χ4v) is 0.148. The Morgan fingerprint density at radius 1 is 1.57 bits per heavy atom. The Morgan fingerprint density at radius 2 is 2.14 bits per heavy atom. The molecule has 0 aliphatic rings. The monoisotopic (exact) mass is 104 g/mol. The van der Waals surface area contributed by atoms with Crippen molar-refractivity contribution in [2.45, 2.75) is 6.17 Å². The molecule has 0 saturated heterocycles. The van der Waals surface area contributed by atoms with Crippen LogP contribution in [0.5, 0.6) is 0 Å². The molecule has 0 radical (unpaired) electrons. The minimum atomic E-state index is -1.34. The van der Waals surface area contributed by atoms with Crippen molar-refractivity contribution in [3.63, 3.8) is 0 Å². The summed E-state index contributed by atoms with van der Waals surface area (Å²) < 4.78 is 22.6. The Labute approximate surface area is 41.2 Å². The van der Waals surface area contributed by atoms with Crippen LogP contribution in [0.4, 0.5) is 8.78 Å². The third-order valence-corrected chi connectivity index (χ3v) is 0.482. The van der Waals surface area contributed by atoms with Gasteiger partial charge in [-0.3, -0.25) is 0 Å². The Hall–Kier alpha value is -0.660. The third-order valence-electron chi connectivity index (χ3n) is 0.482. The molecular weight excluding hydrogens is 98.1 g/mol. The van der Waals surface area contributed by atoms with Crippen LogP contribution >= 0.6 is 0 Å². The first-order valence-electron chi connectivity index (χ1n) is 1.84. The molecule has 0 fully saturated rings. The van der Waals surface area contributed by atoms with Crippen molar-refractivity contribution in [3.05, 3.63) is 25.1 Å². The van der Waals surface area contributed by atoms with Gasteiger partial charge >= 0.3 is 0 Å². The highest BCUT2D eigenvalue weighted by atomic mass is 19.1. The number of allylic oxidation sites excluding steroid dienone is 2. The molecule has 1 unspecified atom stereocenters. The maximum absolute atomic E-state index is 11.7. The van der Waals surface area contributed by atoms with Crippen LogP contribution in [0.25, 0.3) is 0 Å². The second kappa shape index (κ2) is 3.53. The van der Waals surface area contributed by atoms with Gasteiger partial charge in [-0.15, -0.1) is 0 Å². The van der Waals surface area contributed by atoms with Crippen LogP contribution in [0.15, 0.2) is 25.1 Å². The molecule has 0 nitrogen and oxygen atoms in total. The van der Waals surface area contributed by atoms with Crippen molar-refractivity contribution < 1.29 is 8.78 Å². The van der Waals surface area contributed by atoms with Crippen LogP contribution in [0.1, 0.15) is 0 Å². The number of hydrogen-bond donors (Lipinski definition) is 0. The van der Waals surface area contributed by atoms with Gasteiger partial charge in [0.25, 0.3) is 0 Å². The average Bonchev–Trinajstić information content (AvgIpc) is 1.68. The topological polar surface area (TPSA) is 0 Å². The van der Waals surface area contributed by atoms with Crippen molar-refractivity contribution in [3.8, 4) is 0 Å². The van der Waals surface area contributed by atoms with Crippen molar-refractivity contribution in [2.75, 3.05) is 0 Å². The second-order valence-electron chi connectivity index (χ2n) is 0.999. The van der Waals surface area contributed by atoms with Gasteiger partial charge in [-0.25, -0.2) is 8.78 Å². The quantitative estimate of drug-likeness (QED) is 0.470. The molecule has 0 amide bonds. The molecule has 0 rings (SSSR count). The van der Waals surface area contributed by atoms with E-state index >= 15 is 0 Å². The van der Waals surface area contributed by atoms with Gasteiger partial charge in [0.1, 0.15) is 6.17 Å². The summed E-state index contributed by atoms with van der Waals surface area (Å²) in [6.45, 7) is 3.09. The zero-order valence-electron chi connectivity index (χ0n) is 3.77. The highest BCUT2D eigenvalue weighted by Crippen LogP contribution is 1.92. The molecule has 0 saturated carbocycles. The van der Waals surface area contributed by atoms with Crippen LogP contribution < -0.4 is 0 Å². The minimum absolute atomic E-state index is 0.159. The molecule has 0 aromatic heterocycles. The van der Waals surface area contributed by atoms with Gasteiger partial charge in [0, 0.05) is 0 Å². The lowest BCUT2D eigenvalue weighted by Gasteiger charge is -1.84. The highest BCUT2D eigenvalue weighted by Gasteiger charge is 1.88. The van der Waals surface area contributed by atoms with Crippen molar-refractivity contribution in [1.82, 2.24) is 0 Å². The molecule has 2 heteroatoms. The van der Waals surface area contributed by atoms with Crippen LogP contribution in [0, 0.1) is 0 Å². The lowest BCUT2D eigenvalue weighted by molar-refractivity contribution is 0.465. The van der Waals surface area contributed by atoms with Crippen LogP contribution in [0.2, 0.25) is 0 Å². The summed E-state index contributed by atoms with van der Waals surface area (Å²) in [7, 11) is 0. The molecule has 0 N–H and O–H groups in total. The largest absolute Gasteiger partial charge is 0.238 e. The Bertz CT molecular complexity index is 76.1. The van der Waals surface area contributed by atoms with E-state index in [1.54, 1.807) is 0 Å². The molecule has 0 aromatic rings. The van der Waals surface area contributed by atoms with E-state index in [-0.39, 0.29) is 6.33 Å². The van der Waals surface area contributed by atoms with E-state index in [0.29, 0.717) is 0 Å². The molecule has 1 atom stereocenters. The molecule has 0 bridgehead atoms. The van der Waals surface area contributed by atoms with Gasteiger partial charge in [-0.2, -0.15) is 0 Å². The number of hydrogen-bond acceptors (Lipinski definition) is 0. The maximum Gasteiger partial charge on any atom is 0.139 e. The normalized spacial score (nSPS) is 14.6. The predicted octanol–water partition coefficient (Wildman–Crippen LogP) is 1.99. The van der Waals surface area contributed by atoms with Gasteiger partial charge in [0.2, 0.25) is 0 Å². The molecule has 0 heterocycles. The minimum Gasteiger partial charge on any atom is -0.238 e. The molecule has 0 aliphatic carbocycles.